The molecule has 0 unspecified atom stereocenters. The van der Waals surface area contributed by atoms with Crippen LogP contribution in [0.3, 0.4) is 0 Å². The lowest BCUT2D eigenvalue weighted by atomic mass is 10.5. The summed E-state index contributed by atoms with van der Waals surface area (Å²) in [5.74, 6) is 0. The van der Waals surface area contributed by atoms with E-state index >= 15 is 0 Å². The summed E-state index contributed by atoms with van der Waals surface area (Å²) in [4.78, 5) is 13.0. The maximum atomic E-state index is 10.9. The fraction of sp³-hybridized carbons (Fsp3) is 0.667. The average molecular weight is 186 g/mol. The number of alkyl carbamates (subject to hydrolysis) is 1. The molecule has 1 N–H and O–H groups in total. The van der Waals surface area contributed by atoms with Crippen molar-refractivity contribution >= 4 is 6.09 Å². The number of likely N-dealkylation sites (N-methyl/N-ethyl adjacent to an activating group) is 1. The normalized spacial score (nSPS) is 10.6. The predicted octanol–water partition coefficient (Wildman–Crippen LogP) is 0.701. The Morgan fingerprint density at radius 1 is 1.62 bits per heavy atom. The average Bonchev–Trinajstić information content (AvgIpc) is 2.02. The minimum absolute atomic E-state index is 0.459. The standard InChI is InChI=1S/C9H18N2O2/c1-5-11(4)7-6-10-9(12)13-8(2)3/h8H,2-3,5-7H2,1,4H3,(H,10,12). The van der Waals surface area contributed by atoms with Crippen LogP contribution in [-0.2, 0) is 4.74 Å². The Kier molecular flexibility index (Phi) is 6.32. The van der Waals surface area contributed by atoms with Gasteiger partial charge >= 0.3 is 6.09 Å². The fourth-order valence-corrected chi connectivity index (χ4v) is 0.700. The van der Waals surface area contributed by atoms with Gasteiger partial charge in [-0.3, -0.25) is 0 Å². The molecule has 0 spiro atoms. The van der Waals surface area contributed by atoms with Crippen molar-refractivity contribution in [3.8, 4) is 0 Å². The highest BCUT2D eigenvalue weighted by molar-refractivity contribution is 5.67. The molecule has 0 rings (SSSR count). The van der Waals surface area contributed by atoms with Crippen LogP contribution in [0.2, 0.25) is 0 Å². The molecule has 2 radical (unpaired) electrons. The van der Waals surface area contributed by atoms with Crippen LogP contribution in [0.5, 0.6) is 0 Å². The van der Waals surface area contributed by atoms with Crippen LogP contribution >= 0.6 is 0 Å². The van der Waals surface area contributed by atoms with Gasteiger partial charge in [0.2, 0.25) is 0 Å². The van der Waals surface area contributed by atoms with Crippen LogP contribution in [0.25, 0.3) is 0 Å². The van der Waals surface area contributed by atoms with E-state index in [1.165, 1.54) is 0 Å². The molecule has 0 aromatic rings. The molecule has 4 nitrogen and oxygen atoms in total. The van der Waals surface area contributed by atoms with Crippen LogP contribution < -0.4 is 5.32 Å². The molecule has 0 atom stereocenters. The summed E-state index contributed by atoms with van der Waals surface area (Å²) >= 11 is 0. The first-order valence-electron chi connectivity index (χ1n) is 4.35. The SMILES string of the molecule is [CH2]C([CH2])OC(=O)NCCN(C)CC. The van der Waals surface area contributed by atoms with Crippen LogP contribution in [0.15, 0.2) is 0 Å². The maximum absolute atomic E-state index is 10.9. The number of rotatable bonds is 5. The highest BCUT2D eigenvalue weighted by atomic mass is 16.6. The van der Waals surface area contributed by atoms with Crippen molar-refractivity contribution < 1.29 is 9.53 Å². The third-order valence-electron chi connectivity index (χ3n) is 1.58. The zero-order valence-corrected chi connectivity index (χ0v) is 8.38. The number of hydrogen-bond acceptors (Lipinski definition) is 3. The molecule has 0 aromatic carbocycles. The Bertz CT molecular complexity index is 149. The molecule has 0 saturated carbocycles. The Hall–Kier alpha value is -0.770. The van der Waals surface area contributed by atoms with E-state index in [1.54, 1.807) is 0 Å². The van der Waals surface area contributed by atoms with Crippen molar-refractivity contribution in [2.24, 2.45) is 0 Å². The van der Waals surface area contributed by atoms with Gasteiger partial charge in [-0.1, -0.05) is 6.92 Å². The van der Waals surface area contributed by atoms with Gasteiger partial charge in [-0.15, -0.1) is 0 Å². The summed E-state index contributed by atoms with van der Waals surface area (Å²) < 4.78 is 4.67. The topological polar surface area (TPSA) is 41.6 Å². The molecule has 0 aliphatic rings. The lowest BCUT2D eigenvalue weighted by Gasteiger charge is -2.14. The number of amides is 1. The molecule has 0 aliphatic carbocycles. The van der Waals surface area contributed by atoms with Gasteiger partial charge in [0, 0.05) is 13.1 Å². The second kappa shape index (κ2) is 6.71. The van der Waals surface area contributed by atoms with E-state index in [0.717, 1.165) is 13.1 Å². The van der Waals surface area contributed by atoms with E-state index in [0.29, 0.717) is 6.54 Å². The molecular weight excluding hydrogens is 168 g/mol. The molecule has 4 heteroatoms. The van der Waals surface area contributed by atoms with E-state index in [9.17, 15) is 4.79 Å². The molecule has 76 valence electrons. The quantitative estimate of drug-likeness (QED) is 0.687. The summed E-state index contributed by atoms with van der Waals surface area (Å²) in [6.07, 6.45) is -1.01. The molecule has 0 bridgehead atoms. The molecular formula is C9H18N2O2. The third-order valence-corrected chi connectivity index (χ3v) is 1.58. The van der Waals surface area contributed by atoms with Gasteiger partial charge in [0.25, 0.3) is 0 Å². The van der Waals surface area contributed by atoms with E-state index < -0.39 is 12.2 Å². The van der Waals surface area contributed by atoms with Crippen LogP contribution in [0.4, 0.5) is 4.79 Å². The van der Waals surface area contributed by atoms with Gasteiger partial charge in [0.05, 0.1) is 0 Å². The molecule has 0 heterocycles. The van der Waals surface area contributed by atoms with Crippen molar-refractivity contribution in [1.29, 1.82) is 0 Å². The van der Waals surface area contributed by atoms with Crippen LogP contribution in [-0.4, -0.2) is 43.8 Å². The number of nitrogens with one attached hydrogen (secondary N) is 1. The molecule has 1 amide bonds. The maximum Gasteiger partial charge on any atom is 0.407 e. The van der Waals surface area contributed by atoms with E-state index in [1.807, 2.05) is 7.05 Å². The summed E-state index contributed by atoms with van der Waals surface area (Å²) in [5.41, 5.74) is 0. The van der Waals surface area contributed by atoms with Crippen LogP contribution in [0.1, 0.15) is 6.92 Å². The Balaban J connectivity index is 3.37. The molecule has 0 saturated heterocycles. The van der Waals surface area contributed by atoms with Crippen molar-refractivity contribution in [1.82, 2.24) is 10.2 Å². The minimum Gasteiger partial charge on any atom is -0.446 e. The second-order valence-corrected chi connectivity index (χ2v) is 2.85. The Morgan fingerprint density at radius 2 is 2.23 bits per heavy atom. The number of carbonyl (C=O) groups excluding carboxylic acids is 1. The van der Waals surface area contributed by atoms with Gasteiger partial charge in [-0.2, -0.15) is 0 Å². The Morgan fingerprint density at radius 3 is 2.69 bits per heavy atom. The predicted molar refractivity (Wildman–Crippen MR) is 52.2 cm³/mol. The van der Waals surface area contributed by atoms with E-state index in [-0.39, 0.29) is 0 Å². The van der Waals surface area contributed by atoms with Crippen molar-refractivity contribution in [2.45, 2.75) is 13.0 Å². The smallest absolute Gasteiger partial charge is 0.407 e. The monoisotopic (exact) mass is 186 g/mol. The molecule has 0 aromatic heterocycles. The van der Waals surface area contributed by atoms with Crippen molar-refractivity contribution in [3.63, 3.8) is 0 Å². The molecule has 13 heavy (non-hydrogen) atoms. The summed E-state index contributed by atoms with van der Waals surface area (Å²) in [6, 6.07) is 0. The summed E-state index contributed by atoms with van der Waals surface area (Å²) in [5, 5.41) is 2.60. The zero-order valence-electron chi connectivity index (χ0n) is 8.38. The van der Waals surface area contributed by atoms with E-state index in [2.05, 4.69) is 35.7 Å². The first-order valence-corrected chi connectivity index (χ1v) is 4.35. The highest BCUT2D eigenvalue weighted by Crippen LogP contribution is 1.86. The van der Waals surface area contributed by atoms with Gasteiger partial charge in [-0.05, 0) is 27.4 Å². The van der Waals surface area contributed by atoms with Crippen molar-refractivity contribution in [3.05, 3.63) is 13.8 Å². The largest absolute Gasteiger partial charge is 0.446 e. The van der Waals surface area contributed by atoms with Crippen molar-refractivity contribution in [2.75, 3.05) is 26.7 Å². The summed E-state index contributed by atoms with van der Waals surface area (Å²) in [6.45, 7) is 11.3. The van der Waals surface area contributed by atoms with Gasteiger partial charge < -0.3 is 15.0 Å². The number of nitrogens with zero attached hydrogens (tertiary/aromatic N) is 1. The first-order chi connectivity index (χ1) is 6.06. The lowest BCUT2D eigenvalue weighted by Crippen LogP contribution is -2.34. The fourth-order valence-electron chi connectivity index (χ4n) is 0.700. The third kappa shape index (κ3) is 7.59. The number of hydrogen-bond donors (Lipinski definition) is 1. The zero-order chi connectivity index (χ0) is 10.3. The number of carbonyl (C=O) groups is 1. The Labute approximate surface area is 80.2 Å². The van der Waals surface area contributed by atoms with E-state index in [4.69, 9.17) is 0 Å². The molecule has 0 fully saturated rings. The number of ether oxygens (including phenoxy) is 1. The van der Waals surface area contributed by atoms with Gasteiger partial charge in [0.1, 0.15) is 6.10 Å². The van der Waals surface area contributed by atoms with Gasteiger partial charge in [-0.25, -0.2) is 4.79 Å². The molecule has 0 aliphatic heterocycles. The van der Waals surface area contributed by atoms with Crippen LogP contribution in [0, 0.1) is 13.8 Å². The highest BCUT2D eigenvalue weighted by Gasteiger charge is 2.03. The lowest BCUT2D eigenvalue weighted by molar-refractivity contribution is 0.134. The minimum atomic E-state index is -0.552. The van der Waals surface area contributed by atoms with Gasteiger partial charge in [0.15, 0.2) is 0 Å². The summed E-state index contributed by atoms with van der Waals surface area (Å²) in [7, 11) is 1.98. The first kappa shape index (κ1) is 12.2. The second-order valence-electron chi connectivity index (χ2n) is 2.85.